The minimum absolute atomic E-state index is 0.165. The van der Waals surface area contributed by atoms with Crippen LogP contribution in [0.1, 0.15) is 5.56 Å². The lowest BCUT2D eigenvalue weighted by Crippen LogP contribution is -2.21. The van der Waals surface area contributed by atoms with Crippen LogP contribution in [0.25, 0.3) is 0 Å². The lowest BCUT2D eigenvalue weighted by atomic mass is 10.2. The summed E-state index contributed by atoms with van der Waals surface area (Å²) in [6.45, 7) is 1.26. The van der Waals surface area contributed by atoms with Crippen molar-refractivity contribution in [2.45, 2.75) is 6.54 Å². The third-order valence-corrected chi connectivity index (χ3v) is 2.63. The van der Waals surface area contributed by atoms with Crippen LogP contribution < -0.4 is 5.32 Å². The molecule has 5 nitrogen and oxygen atoms in total. The molecule has 0 spiro atoms. The number of nitrogens with zero attached hydrogens (tertiary/aromatic N) is 2. The number of hydrogen-bond donors (Lipinski definition) is 1. The summed E-state index contributed by atoms with van der Waals surface area (Å²) >= 11 is 0. The normalized spacial score (nSPS) is 17.0. The Morgan fingerprint density at radius 2 is 2.28 bits per heavy atom. The van der Waals surface area contributed by atoms with Crippen LogP contribution in [-0.2, 0) is 6.54 Å². The van der Waals surface area contributed by atoms with Crippen molar-refractivity contribution >= 4 is 0 Å². The molecule has 0 amide bonds. The second-order valence-electron chi connectivity index (χ2n) is 3.88. The first-order valence-corrected chi connectivity index (χ1v) is 5.34. The summed E-state index contributed by atoms with van der Waals surface area (Å²) in [5, 5.41) is 13.2. The maximum Gasteiger partial charge on any atom is 0.274 e. The second kappa shape index (κ2) is 4.99. The zero-order chi connectivity index (χ0) is 13.1. The van der Waals surface area contributed by atoms with Crippen molar-refractivity contribution in [3.05, 3.63) is 57.5 Å². The number of nitro groups is 1. The molecule has 0 saturated carbocycles. The molecule has 0 bridgehead atoms. The quantitative estimate of drug-likeness (QED) is 0.656. The van der Waals surface area contributed by atoms with Gasteiger partial charge in [-0.25, -0.2) is 8.78 Å². The van der Waals surface area contributed by atoms with Gasteiger partial charge in [-0.2, -0.15) is 0 Å². The topological polar surface area (TPSA) is 58.4 Å². The monoisotopic (exact) mass is 255 g/mol. The second-order valence-corrected chi connectivity index (χ2v) is 3.88. The van der Waals surface area contributed by atoms with Crippen molar-refractivity contribution in [1.82, 2.24) is 10.2 Å². The molecule has 0 radical (unpaired) electrons. The van der Waals surface area contributed by atoms with Gasteiger partial charge in [-0.3, -0.25) is 10.1 Å². The molecular weight excluding hydrogens is 244 g/mol. The molecule has 7 heteroatoms. The SMILES string of the molecule is O=[N+]([O-])C=C1NCCN1Cc1ccc(F)cc1F. The molecule has 1 saturated heterocycles. The zero-order valence-electron chi connectivity index (χ0n) is 9.40. The van der Waals surface area contributed by atoms with Gasteiger partial charge in [0, 0.05) is 31.3 Å². The van der Waals surface area contributed by atoms with Crippen LogP contribution in [0.5, 0.6) is 0 Å². The van der Waals surface area contributed by atoms with Crippen molar-refractivity contribution in [3.8, 4) is 0 Å². The summed E-state index contributed by atoms with van der Waals surface area (Å²) in [5.41, 5.74) is 0.300. The maximum absolute atomic E-state index is 13.5. The minimum atomic E-state index is -0.651. The molecule has 1 aromatic rings. The van der Waals surface area contributed by atoms with Crippen LogP contribution in [0.4, 0.5) is 8.78 Å². The highest BCUT2D eigenvalue weighted by Gasteiger charge is 2.20. The van der Waals surface area contributed by atoms with E-state index in [0.29, 0.717) is 24.5 Å². The number of benzene rings is 1. The summed E-state index contributed by atoms with van der Waals surface area (Å²) in [6, 6.07) is 3.31. The lowest BCUT2D eigenvalue weighted by molar-refractivity contribution is -0.404. The summed E-state index contributed by atoms with van der Waals surface area (Å²) < 4.78 is 26.2. The van der Waals surface area contributed by atoms with Crippen molar-refractivity contribution in [2.24, 2.45) is 0 Å². The maximum atomic E-state index is 13.5. The van der Waals surface area contributed by atoms with Crippen LogP contribution in [-0.4, -0.2) is 22.9 Å². The van der Waals surface area contributed by atoms with E-state index in [1.165, 1.54) is 12.1 Å². The third-order valence-electron chi connectivity index (χ3n) is 2.63. The van der Waals surface area contributed by atoms with Gasteiger partial charge in [-0.1, -0.05) is 6.07 Å². The fraction of sp³-hybridized carbons (Fsp3) is 0.273. The van der Waals surface area contributed by atoms with Gasteiger partial charge in [0.15, 0.2) is 5.82 Å². The average molecular weight is 255 g/mol. The molecule has 0 aromatic heterocycles. The Morgan fingerprint density at radius 3 is 2.94 bits per heavy atom. The van der Waals surface area contributed by atoms with E-state index >= 15 is 0 Å². The van der Waals surface area contributed by atoms with E-state index in [1.807, 2.05) is 0 Å². The Morgan fingerprint density at radius 1 is 1.50 bits per heavy atom. The summed E-state index contributed by atoms with van der Waals surface area (Å²) in [4.78, 5) is 11.5. The van der Waals surface area contributed by atoms with Gasteiger partial charge in [-0.15, -0.1) is 0 Å². The van der Waals surface area contributed by atoms with E-state index in [-0.39, 0.29) is 6.54 Å². The van der Waals surface area contributed by atoms with Crippen LogP contribution in [0.3, 0.4) is 0 Å². The Balaban J connectivity index is 2.15. The fourth-order valence-corrected chi connectivity index (χ4v) is 1.80. The summed E-state index contributed by atoms with van der Waals surface area (Å²) in [6.07, 6.45) is 0.842. The first-order valence-electron chi connectivity index (χ1n) is 5.34. The molecule has 2 rings (SSSR count). The van der Waals surface area contributed by atoms with E-state index in [9.17, 15) is 18.9 Å². The average Bonchev–Trinajstić information content (AvgIpc) is 2.69. The number of hydrogen-bond acceptors (Lipinski definition) is 4. The fourth-order valence-electron chi connectivity index (χ4n) is 1.80. The third kappa shape index (κ3) is 2.73. The molecule has 18 heavy (non-hydrogen) atoms. The largest absolute Gasteiger partial charge is 0.365 e. The van der Waals surface area contributed by atoms with Crippen LogP contribution in [0.2, 0.25) is 0 Å². The number of rotatable bonds is 3. The minimum Gasteiger partial charge on any atom is -0.365 e. The van der Waals surface area contributed by atoms with E-state index in [2.05, 4.69) is 5.32 Å². The molecule has 0 unspecified atom stereocenters. The Hall–Kier alpha value is -2.18. The number of nitrogens with one attached hydrogen (secondary N) is 1. The van der Waals surface area contributed by atoms with Gasteiger partial charge in [-0.05, 0) is 6.07 Å². The first-order chi connectivity index (χ1) is 8.56. The van der Waals surface area contributed by atoms with Crippen molar-refractivity contribution < 1.29 is 13.7 Å². The molecule has 1 fully saturated rings. The van der Waals surface area contributed by atoms with Gasteiger partial charge in [0.25, 0.3) is 6.20 Å². The molecule has 0 atom stereocenters. The van der Waals surface area contributed by atoms with Crippen molar-refractivity contribution in [3.63, 3.8) is 0 Å². The van der Waals surface area contributed by atoms with E-state index < -0.39 is 16.6 Å². The Kier molecular flexibility index (Phi) is 3.40. The van der Waals surface area contributed by atoms with Gasteiger partial charge < -0.3 is 10.2 Å². The molecule has 0 aliphatic carbocycles. The molecule has 1 N–H and O–H groups in total. The van der Waals surface area contributed by atoms with Gasteiger partial charge >= 0.3 is 0 Å². The van der Waals surface area contributed by atoms with E-state index in [0.717, 1.165) is 12.3 Å². The molecular formula is C11H11F2N3O2. The van der Waals surface area contributed by atoms with E-state index in [1.54, 1.807) is 4.90 Å². The highest BCUT2D eigenvalue weighted by Crippen LogP contribution is 2.16. The molecule has 1 aliphatic heterocycles. The van der Waals surface area contributed by atoms with Gasteiger partial charge in [0.2, 0.25) is 0 Å². The van der Waals surface area contributed by atoms with Crippen molar-refractivity contribution in [1.29, 1.82) is 0 Å². The van der Waals surface area contributed by atoms with Crippen LogP contribution >= 0.6 is 0 Å². The molecule has 1 aliphatic rings. The van der Waals surface area contributed by atoms with Crippen LogP contribution in [0, 0.1) is 21.7 Å². The predicted molar refractivity (Wildman–Crippen MR) is 59.8 cm³/mol. The highest BCUT2D eigenvalue weighted by atomic mass is 19.1. The van der Waals surface area contributed by atoms with Crippen LogP contribution in [0.15, 0.2) is 30.2 Å². The smallest absolute Gasteiger partial charge is 0.274 e. The Bertz CT molecular complexity index is 505. The zero-order valence-corrected chi connectivity index (χ0v) is 9.40. The van der Waals surface area contributed by atoms with Gasteiger partial charge in [0.05, 0.1) is 4.92 Å². The van der Waals surface area contributed by atoms with Gasteiger partial charge in [0.1, 0.15) is 11.6 Å². The van der Waals surface area contributed by atoms with Crippen molar-refractivity contribution in [2.75, 3.05) is 13.1 Å². The van der Waals surface area contributed by atoms with E-state index in [4.69, 9.17) is 0 Å². The lowest BCUT2D eigenvalue weighted by Gasteiger charge is -2.17. The predicted octanol–water partition coefficient (Wildman–Crippen LogP) is 1.45. The highest BCUT2D eigenvalue weighted by molar-refractivity contribution is 5.19. The molecule has 96 valence electrons. The standard InChI is InChI=1S/C11H11F2N3O2/c12-9-2-1-8(10(13)5-9)6-15-4-3-14-11(15)7-16(17)18/h1-2,5,7,14H,3-4,6H2. The Labute approximate surface area is 102 Å². The summed E-state index contributed by atoms with van der Waals surface area (Å²) in [7, 11) is 0. The molecule has 1 heterocycles. The molecule has 1 aromatic carbocycles. The summed E-state index contributed by atoms with van der Waals surface area (Å²) in [5.74, 6) is -0.956. The number of halogens is 2. The first kappa shape index (κ1) is 12.3.